The predicted octanol–water partition coefficient (Wildman–Crippen LogP) is 5.32. The molecule has 0 fully saturated rings. The van der Waals surface area contributed by atoms with Crippen molar-refractivity contribution in [1.82, 2.24) is 0 Å². The van der Waals surface area contributed by atoms with Crippen LogP contribution in [0.4, 0.5) is 11.4 Å². The number of hydrogen-bond acceptors (Lipinski definition) is 3. The molecule has 0 aliphatic carbocycles. The number of carbonyl (C=O) groups is 1. The Morgan fingerprint density at radius 2 is 1.41 bits per heavy atom. The first-order valence-corrected chi connectivity index (χ1v) is 10.8. The van der Waals surface area contributed by atoms with Crippen LogP contribution >= 0.6 is 11.6 Å². The lowest BCUT2D eigenvalue weighted by Crippen LogP contribution is -2.15. The summed E-state index contributed by atoms with van der Waals surface area (Å²) in [5.41, 5.74) is 4.24. The Bertz CT molecular complexity index is 1150. The van der Waals surface area contributed by atoms with Gasteiger partial charge in [0.1, 0.15) is 0 Å². The van der Waals surface area contributed by atoms with Gasteiger partial charge >= 0.3 is 0 Å². The molecule has 0 aliphatic rings. The number of carbonyl (C=O) groups excluding carboxylic acids is 1. The Balaban J connectivity index is 1.79. The summed E-state index contributed by atoms with van der Waals surface area (Å²) in [4.78, 5) is 12.7. The summed E-state index contributed by atoms with van der Waals surface area (Å²) in [5.74, 6) is -0.368. The molecule has 150 valence electrons. The van der Waals surface area contributed by atoms with Gasteiger partial charge < -0.3 is 5.32 Å². The molecule has 2 N–H and O–H groups in total. The average Bonchev–Trinajstić information content (AvgIpc) is 2.60. The van der Waals surface area contributed by atoms with Gasteiger partial charge in [-0.05, 0) is 74.4 Å². The third kappa shape index (κ3) is 5.16. The van der Waals surface area contributed by atoms with Crippen LogP contribution in [-0.2, 0) is 10.0 Å². The number of benzene rings is 3. The lowest BCUT2D eigenvalue weighted by molar-refractivity contribution is 0.102. The molecular formula is C22H21ClN2O3S. The fourth-order valence-corrected chi connectivity index (χ4v) is 4.26. The van der Waals surface area contributed by atoms with Crippen molar-refractivity contribution in [1.29, 1.82) is 0 Å². The summed E-state index contributed by atoms with van der Waals surface area (Å²) in [6.45, 7) is 5.78. The quantitative estimate of drug-likeness (QED) is 0.577. The average molecular weight is 429 g/mol. The SMILES string of the molecule is Cc1ccc(S(=O)(=O)Nc2ccc(C(=O)Nc3cc(C)cc(C)c3)c(Cl)c2)cc1. The van der Waals surface area contributed by atoms with Crippen LogP contribution in [0.2, 0.25) is 5.02 Å². The Morgan fingerprint density at radius 3 is 2.00 bits per heavy atom. The van der Waals surface area contributed by atoms with Crippen LogP contribution in [0.3, 0.4) is 0 Å². The van der Waals surface area contributed by atoms with Crippen molar-refractivity contribution < 1.29 is 13.2 Å². The van der Waals surface area contributed by atoms with E-state index in [4.69, 9.17) is 11.6 Å². The van der Waals surface area contributed by atoms with Crippen LogP contribution in [0.1, 0.15) is 27.0 Å². The Labute approximate surface area is 175 Å². The zero-order valence-corrected chi connectivity index (χ0v) is 17.9. The third-order valence-electron chi connectivity index (χ3n) is 4.28. The van der Waals surface area contributed by atoms with Crippen molar-refractivity contribution in [3.05, 3.63) is 87.9 Å². The molecule has 0 aliphatic heterocycles. The van der Waals surface area contributed by atoms with Gasteiger partial charge in [-0.15, -0.1) is 0 Å². The zero-order chi connectivity index (χ0) is 21.2. The summed E-state index contributed by atoms with van der Waals surface area (Å²) in [6.07, 6.45) is 0. The molecule has 0 saturated heterocycles. The molecule has 3 rings (SSSR count). The van der Waals surface area contributed by atoms with Crippen LogP contribution in [0.15, 0.2) is 65.6 Å². The van der Waals surface area contributed by atoms with E-state index in [0.29, 0.717) is 5.69 Å². The number of rotatable bonds is 5. The van der Waals surface area contributed by atoms with Gasteiger partial charge in [-0.3, -0.25) is 9.52 Å². The van der Waals surface area contributed by atoms with Crippen molar-refractivity contribution in [2.75, 3.05) is 10.0 Å². The van der Waals surface area contributed by atoms with E-state index in [2.05, 4.69) is 10.0 Å². The van der Waals surface area contributed by atoms with Crippen molar-refractivity contribution >= 4 is 38.9 Å². The molecule has 1 amide bonds. The highest BCUT2D eigenvalue weighted by atomic mass is 35.5. The van der Waals surface area contributed by atoms with Crippen molar-refractivity contribution in [3.63, 3.8) is 0 Å². The van der Waals surface area contributed by atoms with E-state index in [1.54, 1.807) is 12.1 Å². The van der Waals surface area contributed by atoms with Gasteiger partial charge in [0.25, 0.3) is 15.9 Å². The molecule has 3 aromatic carbocycles. The number of nitrogens with one attached hydrogen (secondary N) is 2. The summed E-state index contributed by atoms with van der Waals surface area (Å²) in [6, 6.07) is 16.7. The Hall–Kier alpha value is -2.83. The molecule has 0 bridgehead atoms. The first-order chi connectivity index (χ1) is 13.6. The topological polar surface area (TPSA) is 75.3 Å². The molecule has 0 heterocycles. The van der Waals surface area contributed by atoms with Crippen LogP contribution in [-0.4, -0.2) is 14.3 Å². The zero-order valence-electron chi connectivity index (χ0n) is 16.3. The van der Waals surface area contributed by atoms with E-state index in [1.165, 1.54) is 30.3 Å². The number of aryl methyl sites for hydroxylation is 3. The van der Waals surface area contributed by atoms with Gasteiger partial charge in [0, 0.05) is 5.69 Å². The molecule has 5 nitrogen and oxygen atoms in total. The van der Waals surface area contributed by atoms with Gasteiger partial charge in [-0.2, -0.15) is 0 Å². The predicted molar refractivity (Wildman–Crippen MR) is 117 cm³/mol. The van der Waals surface area contributed by atoms with Gasteiger partial charge in [0.15, 0.2) is 0 Å². The second-order valence-electron chi connectivity index (χ2n) is 6.94. The number of anilines is 2. The molecule has 0 unspecified atom stereocenters. The second kappa shape index (κ2) is 8.27. The van der Waals surface area contributed by atoms with E-state index >= 15 is 0 Å². The summed E-state index contributed by atoms with van der Waals surface area (Å²) >= 11 is 6.25. The Morgan fingerprint density at radius 1 is 0.793 bits per heavy atom. The highest BCUT2D eigenvalue weighted by Gasteiger charge is 2.16. The summed E-state index contributed by atoms with van der Waals surface area (Å²) < 4.78 is 27.5. The minimum Gasteiger partial charge on any atom is -0.322 e. The Kier molecular flexibility index (Phi) is 5.96. The highest BCUT2D eigenvalue weighted by Crippen LogP contribution is 2.25. The number of amides is 1. The minimum absolute atomic E-state index is 0.149. The van der Waals surface area contributed by atoms with Crippen LogP contribution in [0.5, 0.6) is 0 Å². The molecule has 0 saturated carbocycles. The lowest BCUT2D eigenvalue weighted by atomic mass is 10.1. The lowest BCUT2D eigenvalue weighted by Gasteiger charge is -2.12. The van der Waals surface area contributed by atoms with Gasteiger partial charge in [0.2, 0.25) is 0 Å². The van der Waals surface area contributed by atoms with Crippen molar-refractivity contribution in [2.45, 2.75) is 25.7 Å². The highest BCUT2D eigenvalue weighted by molar-refractivity contribution is 7.92. The molecule has 0 radical (unpaired) electrons. The molecule has 29 heavy (non-hydrogen) atoms. The number of halogens is 1. The van der Waals surface area contributed by atoms with Crippen LogP contribution < -0.4 is 10.0 Å². The maximum atomic E-state index is 12.6. The fourth-order valence-electron chi connectivity index (χ4n) is 2.94. The monoisotopic (exact) mass is 428 g/mol. The van der Waals surface area contributed by atoms with Gasteiger partial charge in [-0.1, -0.05) is 35.4 Å². The van der Waals surface area contributed by atoms with Gasteiger partial charge in [0.05, 0.1) is 21.2 Å². The molecule has 0 aromatic heterocycles. The smallest absolute Gasteiger partial charge is 0.261 e. The van der Waals surface area contributed by atoms with E-state index in [1.807, 2.05) is 39.0 Å². The largest absolute Gasteiger partial charge is 0.322 e. The first-order valence-electron chi connectivity index (χ1n) is 8.93. The number of hydrogen-bond donors (Lipinski definition) is 2. The van der Waals surface area contributed by atoms with E-state index in [0.717, 1.165) is 16.7 Å². The van der Waals surface area contributed by atoms with E-state index in [9.17, 15) is 13.2 Å². The van der Waals surface area contributed by atoms with E-state index in [-0.39, 0.29) is 27.1 Å². The molecular weight excluding hydrogens is 408 g/mol. The first kappa shape index (κ1) is 20.9. The molecule has 0 atom stereocenters. The molecule has 3 aromatic rings. The standard InChI is InChI=1S/C22H21ClN2O3S/c1-14-4-7-19(8-5-14)29(27,28)25-17-6-9-20(21(23)13-17)22(26)24-18-11-15(2)10-16(3)12-18/h4-13,25H,1-3H3,(H,24,26). The van der Waals surface area contributed by atoms with Gasteiger partial charge in [-0.25, -0.2) is 8.42 Å². The second-order valence-corrected chi connectivity index (χ2v) is 9.03. The number of sulfonamides is 1. The van der Waals surface area contributed by atoms with E-state index < -0.39 is 10.0 Å². The third-order valence-corrected chi connectivity index (χ3v) is 5.99. The normalized spacial score (nSPS) is 11.2. The van der Waals surface area contributed by atoms with Crippen molar-refractivity contribution in [2.24, 2.45) is 0 Å². The maximum Gasteiger partial charge on any atom is 0.261 e. The summed E-state index contributed by atoms with van der Waals surface area (Å²) in [7, 11) is -3.75. The molecule has 0 spiro atoms. The van der Waals surface area contributed by atoms with Crippen LogP contribution in [0.25, 0.3) is 0 Å². The van der Waals surface area contributed by atoms with Crippen LogP contribution in [0, 0.1) is 20.8 Å². The minimum atomic E-state index is -3.75. The summed E-state index contributed by atoms with van der Waals surface area (Å²) in [5, 5.41) is 2.97. The fraction of sp³-hybridized carbons (Fsp3) is 0.136. The maximum absolute atomic E-state index is 12.6. The molecule has 7 heteroatoms. The van der Waals surface area contributed by atoms with Crippen molar-refractivity contribution in [3.8, 4) is 0 Å².